The van der Waals surface area contributed by atoms with E-state index >= 15 is 0 Å². The highest BCUT2D eigenvalue weighted by molar-refractivity contribution is 4.72. The van der Waals surface area contributed by atoms with Crippen LogP contribution in [-0.4, -0.2) is 44.0 Å². The molecule has 0 bridgehead atoms. The summed E-state index contributed by atoms with van der Waals surface area (Å²) >= 11 is 0. The minimum Gasteiger partial charge on any atom is -0.311 e. The normalized spacial score (nSPS) is 12.5. The van der Waals surface area contributed by atoms with Crippen molar-refractivity contribution in [2.24, 2.45) is 0 Å². The van der Waals surface area contributed by atoms with Crippen LogP contribution >= 0.6 is 0 Å². The van der Waals surface area contributed by atoms with Crippen molar-refractivity contribution >= 4 is 0 Å². The molecule has 0 aromatic rings. The van der Waals surface area contributed by atoms with Crippen molar-refractivity contribution in [3.05, 3.63) is 0 Å². The lowest BCUT2D eigenvalue weighted by Gasteiger charge is -2.22. The van der Waals surface area contributed by atoms with Crippen LogP contribution in [0.3, 0.4) is 0 Å². The van der Waals surface area contributed by atoms with E-state index in [0.29, 0.717) is 13.1 Å². The van der Waals surface area contributed by atoms with Crippen LogP contribution in [0.15, 0.2) is 0 Å². The van der Waals surface area contributed by atoms with Crippen molar-refractivity contribution in [1.29, 1.82) is 0 Å². The molecule has 0 atom stereocenters. The summed E-state index contributed by atoms with van der Waals surface area (Å²) in [5.74, 6) is -2.61. The fraction of sp³-hybridized carbons (Fsp3) is 1.00. The molecule has 13 heavy (non-hydrogen) atoms. The number of halogens is 2. The third-order valence-electron chi connectivity index (χ3n) is 1.85. The average Bonchev–Trinajstić information content (AvgIpc) is 2.03. The molecule has 0 radical (unpaired) electrons. The van der Waals surface area contributed by atoms with Gasteiger partial charge in [-0.3, -0.25) is 0 Å². The summed E-state index contributed by atoms with van der Waals surface area (Å²) < 4.78 is 26.2. The van der Waals surface area contributed by atoms with Crippen LogP contribution in [0.5, 0.6) is 0 Å². The van der Waals surface area contributed by atoms with E-state index in [0.717, 1.165) is 6.42 Å². The highest BCUT2D eigenvalue weighted by Crippen LogP contribution is 2.12. The highest BCUT2D eigenvalue weighted by atomic mass is 19.3. The fourth-order valence-electron chi connectivity index (χ4n) is 1.01. The Morgan fingerprint density at radius 1 is 1.31 bits per heavy atom. The molecular formula is C9H20F2N2. The zero-order valence-electron chi connectivity index (χ0n) is 8.74. The Balaban J connectivity index is 3.65. The Labute approximate surface area is 79.3 Å². The van der Waals surface area contributed by atoms with Gasteiger partial charge in [0.15, 0.2) is 0 Å². The van der Waals surface area contributed by atoms with Crippen molar-refractivity contribution in [1.82, 2.24) is 10.2 Å². The molecule has 80 valence electrons. The molecule has 0 rings (SSSR count). The van der Waals surface area contributed by atoms with E-state index in [9.17, 15) is 8.78 Å². The molecule has 0 saturated heterocycles. The third kappa shape index (κ3) is 6.90. The summed E-state index contributed by atoms with van der Waals surface area (Å²) in [7, 11) is 1.70. The van der Waals surface area contributed by atoms with Gasteiger partial charge in [0.05, 0.1) is 13.1 Å². The summed E-state index contributed by atoms with van der Waals surface area (Å²) in [6.07, 6.45) is 0.889. The topological polar surface area (TPSA) is 15.3 Å². The van der Waals surface area contributed by atoms with E-state index in [2.05, 4.69) is 5.32 Å². The lowest BCUT2D eigenvalue weighted by atomic mass is 10.3. The zero-order valence-corrected chi connectivity index (χ0v) is 8.74. The van der Waals surface area contributed by atoms with Crippen LogP contribution in [0.25, 0.3) is 0 Å². The largest absolute Gasteiger partial charge is 0.311 e. The molecule has 0 aromatic heterocycles. The first-order valence-corrected chi connectivity index (χ1v) is 4.79. The van der Waals surface area contributed by atoms with Crippen LogP contribution in [-0.2, 0) is 0 Å². The van der Waals surface area contributed by atoms with Gasteiger partial charge in [0, 0.05) is 0 Å². The number of alkyl halides is 2. The van der Waals surface area contributed by atoms with Crippen molar-refractivity contribution in [2.45, 2.75) is 26.2 Å². The summed E-state index contributed by atoms with van der Waals surface area (Å²) in [4.78, 5) is 1.62. The Morgan fingerprint density at radius 3 is 2.38 bits per heavy atom. The highest BCUT2D eigenvalue weighted by Gasteiger charge is 2.29. The monoisotopic (exact) mass is 194 g/mol. The fourth-order valence-corrected chi connectivity index (χ4v) is 1.01. The second-order valence-corrected chi connectivity index (χ2v) is 3.36. The van der Waals surface area contributed by atoms with Crippen LogP contribution in [0.4, 0.5) is 8.78 Å². The molecule has 0 spiro atoms. The summed E-state index contributed by atoms with van der Waals surface area (Å²) in [6.45, 7) is 4.76. The number of rotatable bonds is 7. The van der Waals surface area contributed by atoms with Gasteiger partial charge >= 0.3 is 0 Å². The van der Waals surface area contributed by atoms with Crippen molar-refractivity contribution < 1.29 is 8.78 Å². The van der Waals surface area contributed by atoms with Gasteiger partial charge < -0.3 is 10.2 Å². The maximum Gasteiger partial charge on any atom is 0.272 e. The quantitative estimate of drug-likeness (QED) is 0.619. The number of hydrogen-bond donors (Lipinski definition) is 1. The molecule has 0 unspecified atom stereocenters. The Morgan fingerprint density at radius 2 is 1.92 bits per heavy atom. The predicted molar refractivity (Wildman–Crippen MR) is 51.3 cm³/mol. The second kappa shape index (κ2) is 6.27. The SMILES string of the molecule is CCCNCC(F)(F)CN(C)CC. The minimum atomic E-state index is -2.61. The van der Waals surface area contributed by atoms with Crippen LogP contribution in [0.1, 0.15) is 20.3 Å². The summed E-state index contributed by atoms with van der Waals surface area (Å²) in [6, 6.07) is 0. The van der Waals surface area contributed by atoms with Gasteiger partial charge in [-0.15, -0.1) is 0 Å². The first-order valence-electron chi connectivity index (χ1n) is 4.79. The summed E-state index contributed by atoms with van der Waals surface area (Å²) in [5.41, 5.74) is 0. The van der Waals surface area contributed by atoms with E-state index in [4.69, 9.17) is 0 Å². The third-order valence-corrected chi connectivity index (χ3v) is 1.85. The molecule has 4 heteroatoms. The van der Waals surface area contributed by atoms with Gasteiger partial charge in [0.25, 0.3) is 5.92 Å². The molecule has 0 aliphatic carbocycles. The molecule has 0 fully saturated rings. The Hall–Kier alpha value is -0.220. The van der Waals surface area contributed by atoms with Crippen LogP contribution in [0, 0.1) is 0 Å². The van der Waals surface area contributed by atoms with Crippen molar-refractivity contribution in [3.8, 4) is 0 Å². The van der Waals surface area contributed by atoms with Gasteiger partial charge in [0.2, 0.25) is 0 Å². The van der Waals surface area contributed by atoms with Gasteiger partial charge in [-0.25, -0.2) is 8.78 Å². The van der Waals surface area contributed by atoms with E-state index in [-0.39, 0.29) is 13.1 Å². The Bertz CT molecular complexity index is 129. The first-order chi connectivity index (χ1) is 6.02. The number of nitrogens with one attached hydrogen (secondary N) is 1. The maximum atomic E-state index is 13.1. The molecule has 0 aromatic carbocycles. The number of nitrogens with zero attached hydrogens (tertiary/aromatic N) is 1. The van der Waals surface area contributed by atoms with Gasteiger partial charge in [-0.1, -0.05) is 13.8 Å². The van der Waals surface area contributed by atoms with E-state index in [1.807, 2.05) is 13.8 Å². The zero-order chi connectivity index (χ0) is 10.3. The van der Waals surface area contributed by atoms with Crippen LogP contribution < -0.4 is 5.32 Å². The molecule has 2 nitrogen and oxygen atoms in total. The lowest BCUT2D eigenvalue weighted by molar-refractivity contribution is -0.0236. The van der Waals surface area contributed by atoms with E-state index < -0.39 is 5.92 Å². The molecule has 0 aliphatic heterocycles. The van der Waals surface area contributed by atoms with E-state index in [1.165, 1.54) is 0 Å². The Kier molecular flexibility index (Phi) is 6.16. The van der Waals surface area contributed by atoms with Crippen molar-refractivity contribution in [2.75, 3.05) is 33.2 Å². The molecule has 1 N–H and O–H groups in total. The summed E-state index contributed by atoms with van der Waals surface area (Å²) in [5, 5.41) is 2.73. The first kappa shape index (κ1) is 12.8. The van der Waals surface area contributed by atoms with E-state index in [1.54, 1.807) is 11.9 Å². The van der Waals surface area contributed by atoms with Gasteiger partial charge in [0.1, 0.15) is 0 Å². The number of hydrogen-bond acceptors (Lipinski definition) is 2. The molecule has 0 amide bonds. The standard InChI is InChI=1S/C9H20F2N2/c1-4-6-12-7-9(10,11)8-13(3)5-2/h12H,4-8H2,1-3H3. The predicted octanol–water partition coefficient (Wildman–Crippen LogP) is 1.57. The van der Waals surface area contributed by atoms with Gasteiger partial charge in [-0.05, 0) is 26.6 Å². The van der Waals surface area contributed by atoms with Crippen LogP contribution in [0.2, 0.25) is 0 Å². The molecule has 0 aliphatic rings. The second-order valence-electron chi connectivity index (χ2n) is 3.36. The molecular weight excluding hydrogens is 174 g/mol. The minimum absolute atomic E-state index is 0.166. The van der Waals surface area contributed by atoms with Gasteiger partial charge in [-0.2, -0.15) is 0 Å². The van der Waals surface area contributed by atoms with Crippen molar-refractivity contribution in [3.63, 3.8) is 0 Å². The maximum absolute atomic E-state index is 13.1. The lowest BCUT2D eigenvalue weighted by Crippen LogP contribution is -2.42. The average molecular weight is 194 g/mol. The molecule has 0 saturated carbocycles. The molecule has 0 heterocycles. The smallest absolute Gasteiger partial charge is 0.272 e.